The molecule has 0 aromatic carbocycles. The summed E-state index contributed by atoms with van der Waals surface area (Å²) in [7, 11) is -4.08. The number of carbonyl (C=O) groups is 2. The van der Waals surface area contributed by atoms with E-state index in [4.69, 9.17) is 9.84 Å². The molecule has 0 amide bonds. The van der Waals surface area contributed by atoms with E-state index in [1.165, 1.54) is 87.0 Å². The molecule has 0 radical (unpaired) electrons. The largest absolute Gasteiger partial charge is 0.748 e. The van der Waals surface area contributed by atoms with E-state index in [0.717, 1.165) is 38.0 Å². The first-order valence-corrected chi connectivity index (χ1v) is 26.0. The van der Waals surface area contributed by atoms with Crippen molar-refractivity contribution in [2.75, 3.05) is 12.4 Å². The zero-order valence-corrected chi connectivity index (χ0v) is 46.1. The summed E-state index contributed by atoms with van der Waals surface area (Å²) in [6.07, 6.45) is 13.6. The Morgan fingerprint density at radius 1 is 0.656 bits per heavy atom. The van der Waals surface area contributed by atoms with Gasteiger partial charge in [-0.15, -0.1) is 0 Å². The van der Waals surface area contributed by atoms with Crippen LogP contribution in [-0.2, 0) is 24.4 Å². The molecule has 7 nitrogen and oxygen atoms in total. The Balaban J connectivity index is -0.000000750. The highest BCUT2D eigenvalue weighted by Gasteiger charge is 2.23. The van der Waals surface area contributed by atoms with Crippen LogP contribution in [0.1, 0.15) is 222 Å². The van der Waals surface area contributed by atoms with Crippen LogP contribution in [0.3, 0.4) is 0 Å². The van der Waals surface area contributed by atoms with Crippen LogP contribution < -0.4 is 0 Å². The van der Waals surface area contributed by atoms with E-state index in [-0.39, 0.29) is 12.2 Å². The molecule has 0 bridgehead atoms. The van der Waals surface area contributed by atoms with Gasteiger partial charge in [0.15, 0.2) is 0 Å². The summed E-state index contributed by atoms with van der Waals surface area (Å²) in [6.45, 7) is 46.6. The van der Waals surface area contributed by atoms with Crippen molar-refractivity contribution in [1.29, 1.82) is 0 Å². The highest BCUT2D eigenvalue weighted by atomic mass is 32.2. The molecule has 0 saturated carbocycles. The fourth-order valence-electron chi connectivity index (χ4n) is 8.65. The van der Waals surface area contributed by atoms with Crippen LogP contribution in [0.5, 0.6) is 0 Å². The molecule has 8 heteroatoms. The summed E-state index contributed by atoms with van der Waals surface area (Å²) >= 11 is 0. The second kappa shape index (κ2) is 35.3. The lowest BCUT2D eigenvalue weighted by atomic mass is 9.94. The maximum atomic E-state index is 10.7. The van der Waals surface area contributed by atoms with E-state index in [0.29, 0.717) is 49.6 Å². The number of rotatable bonds is 19. The maximum absolute atomic E-state index is 10.7. The number of ether oxygens (including phenoxy) is 1. The summed E-state index contributed by atoms with van der Waals surface area (Å²) in [4.78, 5) is 20.5. The van der Waals surface area contributed by atoms with E-state index >= 15 is 0 Å². The number of carbonyl (C=O) groups excluding carboxylic acids is 1. The summed E-state index contributed by atoms with van der Waals surface area (Å²) in [5.74, 6) is 2.06. The maximum Gasteiger partial charge on any atom is 0.303 e. The van der Waals surface area contributed by atoms with Gasteiger partial charge in [0.2, 0.25) is 0 Å². The molecule has 0 fully saturated rings. The fraction of sp³-hybridized carbons (Fsp3) is 0.714. The van der Waals surface area contributed by atoms with Crippen molar-refractivity contribution in [3.05, 3.63) is 78.5 Å². The van der Waals surface area contributed by atoms with Crippen LogP contribution >= 0.6 is 0 Å². The molecule has 0 aromatic heterocycles. The lowest BCUT2D eigenvalue weighted by molar-refractivity contribution is -0.137. The first-order chi connectivity index (χ1) is 29.5. The fourth-order valence-corrected chi connectivity index (χ4v) is 9.15. The zero-order valence-electron chi connectivity index (χ0n) is 45.2. The highest BCUT2D eigenvalue weighted by Crippen LogP contribution is 2.40. The molecule has 0 heterocycles. The molecule has 0 aromatic rings. The molecule has 2 aliphatic rings. The molecule has 2 rings (SSSR count). The second-order valence-corrected chi connectivity index (χ2v) is 21.7. The summed E-state index contributed by atoms with van der Waals surface area (Å²) in [5, 5.41) is 8.50. The van der Waals surface area contributed by atoms with Crippen molar-refractivity contribution < 1.29 is 32.4 Å². The predicted octanol–water partition coefficient (Wildman–Crippen LogP) is 16.6. The summed E-state index contributed by atoms with van der Waals surface area (Å²) < 4.78 is 36.8. The lowest BCUT2D eigenvalue weighted by Crippen LogP contribution is -2.05. The van der Waals surface area contributed by atoms with Crippen molar-refractivity contribution in [2.24, 2.45) is 29.6 Å². The van der Waals surface area contributed by atoms with Gasteiger partial charge in [-0.25, -0.2) is 8.42 Å². The van der Waals surface area contributed by atoms with Gasteiger partial charge in [0.1, 0.15) is 0 Å². The normalized spacial score (nSPS) is 13.4. The first kappa shape index (κ1) is 65.3. The Kier molecular flexibility index (Phi) is 36.0. The Labute approximate surface area is 396 Å². The zero-order chi connectivity index (χ0) is 50.5. The van der Waals surface area contributed by atoms with Crippen molar-refractivity contribution in [3.63, 3.8) is 0 Å². The van der Waals surface area contributed by atoms with Crippen LogP contribution in [0.25, 0.3) is 0 Å². The van der Waals surface area contributed by atoms with Gasteiger partial charge in [-0.05, 0) is 179 Å². The number of hydrogen-bond acceptors (Lipinski definition) is 6. The number of carboxylic acids is 1. The van der Waals surface area contributed by atoms with Crippen LogP contribution in [0.4, 0.5) is 0 Å². The molecular weight excluding hydrogens is 817 g/mol. The second-order valence-electron chi connectivity index (χ2n) is 20.2. The number of carboxylic acid groups (broad SMARTS) is 1. The van der Waals surface area contributed by atoms with Gasteiger partial charge in [0.05, 0.1) is 16.7 Å². The van der Waals surface area contributed by atoms with Gasteiger partial charge in [-0.2, -0.15) is 0 Å². The molecule has 0 spiro atoms. The Morgan fingerprint density at radius 3 is 1.36 bits per heavy atom. The summed E-state index contributed by atoms with van der Waals surface area (Å²) in [5.41, 5.74) is 18.4. The Hall–Kier alpha value is -2.97. The van der Waals surface area contributed by atoms with Crippen molar-refractivity contribution in [3.8, 4) is 0 Å². The smallest absolute Gasteiger partial charge is 0.303 e. The van der Waals surface area contributed by atoms with E-state index in [9.17, 15) is 22.6 Å². The van der Waals surface area contributed by atoms with Crippen molar-refractivity contribution in [2.45, 2.75) is 222 Å². The standard InChI is InChI=1S/C14H24O3S.C14H22O2.C11H22.C10H18O2.C7H14/c1-10(2)12-7-8-13(11(3)4)14(12)6-5-9-18(15,16)17;1-10(2)12-5-6-13(11(3)4)14(12)7-8-16-9-15;1-6-7-8-11(9(2)3)10(4)5;1-7(2)9(8(3)4)5-6-10(11)12;1-6(2)5-7(3)4/h10H,5-9H2,1-4H3,(H,15,16,17);9-10H,5-8H2,1-4H3;9H,6-8H2,1-5H3;7H,5-6H2,1-4H3,(H,11,12);5-6H,1-4H3/p-1. The monoisotopic (exact) mass is 916 g/mol. The van der Waals surface area contributed by atoms with Gasteiger partial charge in [0.25, 0.3) is 6.47 Å². The van der Waals surface area contributed by atoms with Gasteiger partial charge in [-0.1, -0.05) is 139 Å². The van der Waals surface area contributed by atoms with Gasteiger partial charge < -0.3 is 14.4 Å². The van der Waals surface area contributed by atoms with Gasteiger partial charge in [0, 0.05) is 18.6 Å². The van der Waals surface area contributed by atoms with E-state index in [1.54, 1.807) is 11.1 Å². The Morgan fingerprint density at radius 2 is 1.08 bits per heavy atom. The van der Waals surface area contributed by atoms with Crippen molar-refractivity contribution in [1.82, 2.24) is 0 Å². The molecule has 1 N–H and O–H groups in total. The quantitative estimate of drug-likeness (QED) is 0.0593. The molecular formula is C56H99O7S-. The van der Waals surface area contributed by atoms with Gasteiger partial charge in [-0.3, -0.25) is 9.59 Å². The average Bonchev–Trinajstić information content (AvgIpc) is 3.77. The lowest BCUT2D eigenvalue weighted by Gasteiger charge is -2.14. The predicted molar refractivity (Wildman–Crippen MR) is 276 cm³/mol. The number of aliphatic carboxylic acids is 1. The molecule has 2 aliphatic carbocycles. The van der Waals surface area contributed by atoms with E-state index < -0.39 is 16.1 Å². The van der Waals surface area contributed by atoms with E-state index in [2.05, 4.69) is 138 Å². The minimum absolute atomic E-state index is 0.249. The third-order valence-corrected chi connectivity index (χ3v) is 12.3. The Bertz CT molecular complexity index is 1720. The topological polar surface area (TPSA) is 121 Å². The van der Waals surface area contributed by atoms with Crippen LogP contribution in [0.2, 0.25) is 0 Å². The molecule has 0 atom stereocenters. The molecule has 0 saturated heterocycles. The van der Waals surface area contributed by atoms with Gasteiger partial charge >= 0.3 is 5.97 Å². The van der Waals surface area contributed by atoms with Crippen LogP contribution in [0, 0.1) is 29.6 Å². The third-order valence-electron chi connectivity index (χ3n) is 11.5. The SMILES string of the molecule is CC(C)=C(CCC(=O)O)C(C)C.CC(C)=C1CCC(C(C)C)=C1CCCS(=O)(=O)[O-].CC(C)=C1CCC(C(C)C)=C1CCOC=O.CC(C)=CC(C)C.CCCCC(=C(C)C)C(C)C. The third kappa shape index (κ3) is 31.0. The minimum atomic E-state index is -4.08. The van der Waals surface area contributed by atoms with Crippen LogP contribution in [-0.4, -0.2) is 42.9 Å². The van der Waals surface area contributed by atoms with Crippen LogP contribution in [0.15, 0.2) is 78.5 Å². The first-order valence-electron chi connectivity index (χ1n) is 24.4. The highest BCUT2D eigenvalue weighted by molar-refractivity contribution is 7.85. The summed E-state index contributed by atoms with van der Waals surface area (Å²) in [6, 6.07) is 0. The van der Waals surface area contributed by atoms with E-state index in [1.807, 2.05) is 13.8 Å². The molecule has 0 aliphatic heterocycles. The molecule has 0 unspecified atom stereocenters. The molecule has 372 valence electrons. The average molecular weight is 916 g/mol. The number of unbranched alkanes of at least 4 members (excludes halogenated alkanes) is 1. The minimum Gasteiger partial charge on any atom is -0.748 e. The van der Waals surface area contributed by atoms with Crippen molar-refractivity contribution >= 4 is 22.6 Å². The number of hydrogen-bond donors (Lipinski definition) is 1. The number of allylic oxidation sites excluding steroid dienone is 13. The molecule has 64 heavy (non-hydrogen) atoms.